The van der Waals surface area contributed by atoms with Gasteiger partial charge in [0.05, 0.1) is 10.6 Å². The molecule has 1 atom stereocenters. The van der Waals surface area contributed by atoms with Gasteiger partial charge in [-0.15, -0.1) is 0 Å². The molecule has 0 aliphatic heterocycles. The number of hydrogen-bond acceptors (Lipinski definition) is 4. The quantitative estimate of drug-likeness (QED) is 0.618. The number of nitrogens with zero attached hydrogens (tertiary/aromatic N) is 3. The van der Waals surface area contributed by atoms with E-state index in [9.17, 15) is 18.0 Å². The highest BCUT2D eigenvalue weighted by molar-refractivity contribution is 6.33. The van der Waals surface area contributed by atoms with Crippen LogP contribution < -0.4 is 11.1 Å². The number of aryl methyl sites for hydroxylation is 1. The van der Waals surface area contributed by atoms with Crippen LogP contribution in [-0.4, -0.2) is 33.3 Å². The number of carbonyl (C=O) groups excluding carboxylic acids is 1. The molecule has 0 saturated carbocycles. The lowest BCUT2D eigenvalue weighted by Gasteiger charge is -2.20. The third-order valence-corrected chi connectivity index (χ3v) is 4.91. The summed E-state index contributed by atoms with van der Waals surface area (Å²) >= 11 is 6.30. The Morgan fingerprint density at radius 1 is 1.27 bits per heavy atom. The number of rotatable bonds is 6. The fraction of sp³-hybridized carbons (Fsp3) is 0.250. The molecule has 0 radical (unpaired) electrons. The van der Waals surface area contributed by atoms with Gasteiger partial charge < -0.3 is 11.1 Å². The molecule has 0 spiro atoms. The Morgan fingerprint density at radius 3 is 2.60 bits per heavy atom. The average Bonchev–Trinajstić information content (AvgIpc) is 3.12. The van der Waals surface area contributed by atoms with Gasteiger partial charge in [-0.25, -0.2) is 9.67 Å². The molecule has 3 aromatic rings. The summed E-state index contributed by atoms with van der Waals surface area (Å²) in [6.45, 7) is -0.0251. The summed E-state index contributed by atoms with van der Waals surface area (Å²) in [6.07, 6.45) is -3.15. The predicted molar refractivity (Wildman–Crippen MR) is 107 cm³/mol. The summed E-state index contributed by atoms with van der Waals surface area (Å²) < 4.78 is 41.2. The molecule has 1 aromatic heterocycles. The Labute approximate surface area is 175 Å². The molecule has 2 aromatic carbocycles. The summed E-state index contributed by atoms with van der Waals surface area (Å²) in [7, 11) is 1.71. The second-order valence-electron chi connectivity index (χ2n) is 6.67. The lowest BCUT2D eigenvalue weighted by atomic mass is 9.99. The second-order valence-corrected chi connectivity index (χ2v) is 7.07. The van der Waals surface area contributed by atoms with Gasteiger partial charge in [-0.1, -0.05) is 29.8 Å². The number of nitrogens with one attached hydrogen (secondary N) is 1. The van der Waals surface area contributed by atoms with Gasteiger partial charge >= 0.3 is 6.18 Å². The van der Waals surface area contributed by atoms with Crippen LogP contribution in [0, 0.1) is 0 Å². The van der Waals surface area contributed by atoms with Crippen molar-refractivity contribution in [3.63, 3.8) is 0 Å². The van der Waals surface area contributed by atoms with E-state index in [4.69, 9.17) is 17.3 Å². The zero-order chi connectivity index (χ0) is 21.9. The molecule has 158 valence electrons. The second kappa shape index (κ2) is 8.85. The molecule has 0 bridgehead atoms. The van der Waals surface area contributed by atoms with Crippen molar-refractivity contribution in [3.8, 4) is 11.4 Å². The van der Waals surface area contributed by atoms with E-state index in [0.29, 0.717) is 16.4 Å². The van der Waals surface area contributed by atoms with E-state index in [1.807, 2.05) is 0 Å². The molecular formula is C20H19ClF3N5O. The number of amides is 1. The molecular weight excluding hydrogens is 419 g/mol. The molecule has 6 nitrogen and oxygen atoms in total. The van der Waals surface area contributed by atoms with Gasteiger partial charge in [0.1, 0.15) is 6.33 Å². The van der Waals surface area contributed by atoms with Crippen molar-refractivity contribution in [3.05, 3.63) is 70.5 Å². The first-order chi connectivity index (χ1) is 14.2. The van der Waals surface area contributed by atoms with Crippen LogP contribution in [-0.2, 0) is 19.6 Å². The summed E-state index contributed by atoms with van der Waals surface area (Å²) in [5, 5.41) is 6.96. The number of nitrogens with two attached hydrogens (primary N) is 1. The largest absolute Gasteiger partial charge is 0.416 e. The van der Waals surface area contributed by atoms with E-state index in [1.165, 1.54) is 30.6 Å². The fourth-order valence-electron chi connectivity index (χ4n) is 3.08. The summed E-state index contributed by atoms with van der Waals surface area (Å²) in [6, 6.07) is 9.21. The van der Waals surface area contributed by atoms with Gasteiger partial charge in [0, 0.05) is 30.8 Å². The molecule has 0 saturated heterocycles. The van der Waals surface area contributed by atoms with Crippen LogP contribution in [0.25, 0.3) is 11.4 Å². The highest BCUT2D eigenvalue weighted by Crippen LogP contribution is 2.32. The molecule has 1 amide bonds. The molecule has 1 heterocycles. The third kappa shape index (κ3) is 4.80. The molecule has 30 heavy (non-hydrogen) atoms. The van der Waals surface area contributed by atoms with Gasteiger partial charge in [0.25, 0.3) is 5.91 Å². The molecule has 10 heteroatoms. The van der Waals surface area contributed by atoms with Crippen molar-refractivity contribution < 1.29 is 18.0 Å². The zero-order valence-electron chi connectivity index (χ0n) is 15.9. The molecule has 3 rings (SSSR count). The number of halogens is 4. The van der Waals surface area contributed by atoms with E-state index in [1.54, 1.807) is 23.9 Å². The van der Waals surface area contributed by atoms with Crippen LogP contribution in [0.3, 0.4) is 0 Å². The first-order valence-electron chi connectivity index (χ1n) is 9.00. The minimum absolute atomic E-state index is 0.0251. The van der Waals surface area contributed by atoms with Crippen LogP contribution in [0.4, 0.5) is 13.2 Å². The number of hydrogen-bond donors (Lipinski definition) is 2. The van der Waals surface area contributed by atoms with Crippen LogP contribution in [0.15, 0.2) is 48.8 Å². The highest BCUT2D eigenvalue weighted by Gasteiger charge is 2.33. The summed E-state index contributed by atoms with van der Waals surface area (Å²) in [4.78, 5) is 16.7. The van der Waals surface area contributed by atoms with Crippen LogP contribution in [0.5, 0.6) is 0 Å². The standard InChI is InChI=1S/C20H19ClF3N5O/c1-29-18(26-11-27-29)15-7-6-13(9-17(15)21)19(30)28-14(10-25)8-12-4-2-3-5-16(12)20(22,23)24/h2-7,9,11,14H,8,10,25H2,1H3,(H,28,30)/t14-/m1/s1. The molecule has 3 N–H and O–H groups in total. The molecule has 0 unspecified atom stereocenters. The summed E-state index contributed by atoms with van der Waals surface area (Å²) in [5.74, 6) is 0.0527. The van der Waals surface area contributed by atoms with Crippen molar-refractivity contribution in [2.24, 2.45) is 12.8 Å². The monoisotopic (exact) mass is 437 g/mol. The Balaban J connectivity index is 1.77. The Morgan fingerprint density at radius 2 is 2.00 bits per heavy atom. The maximum atomic E-state index is 13.2. The predicted octanol–water partition coefficient (Wildman–Crippen LogP) is 3.45. The third-order valence-electron chi connectivity index (χ3n) is 4.59. The van der Waals surface area contributed by atoms with E-state index in [2.05, 4.69) is 15.4 Å². The Bertz CT molecular complexity index is 1050. The maximum Gasteiger partial charge on any atom is 0.416 e. The van der Waals surface area contributed by atoms with Crippen LogP contribution in [0.2, 0.25) is 5.02 Å². The summed E-state index contributed by atoms with van der Waals surface area (Å²) in [5.41, 5.74) is 5.88. The first-order valence-corrected chi connectivity index (χ1v) is 9.38. The first kappa shape index (κ1) is 21.8. The normalized spacial score (nSPS) is 12.6. The van der Waals surface area contributed by atoms with Crippen molar-refractivity contribution in [1.82, 2.24) is 20.1 Å². The number of benzene rings is 2. The zero-order valence-corrected chi connectivity index (χ0v) is 16.7. The maximum absolute atomic E-state index is 13.2. The smallest absolute Gasteiger partial charge is 0.348 e. The lowest BCUT2D eigenvalue weighted by Crippen LogP contribution is -2.42. The average molecular weight is 438 g/mol. The molecule has 0 fully saturated rings. The Hall–Kier alpha value is -2.91. The van der Waals surface area contributed by atoms with Crippen molar-refractivity contribution in [2.75, 3.05) is 6.54 Å². The van der Waals surface area contributed by atoms with E-state index in [0.717, 1.165) is 6.07 Å². The van der Waals surface area contributed by atoms with E-state index >= 15 is 0 Å². The minimum atomic E-state index is -4.48. The number of carbonyl (C=O) groups is 1. The van der Waals surface area contributed by atoms with E-state index in [-0.39, 0.29) is 24.1 Å². The van der Waals surface area contributed by atoms with Gasteiger partial charge in [-0.2, -0.15) is 18.3 Å². The minimum Gasteiger partial charge on any atom is -0.348 e. The van der Waals surface area contributed by atoms with Gasteiger partial charge in [0.15, 0.2) is 5.82 Å². The fourth-order valence-corrected chi connectivity index (χ4v) is 3.35. The lowest BCUT2D eigenvalue weighted by molar-refractivity contribution is -0.138. The van der Waals surface area contributed by atoms with Crippen molar-refractivity contribution >= 4 is 17.5 Å². The Kier molecular flexibility index (Phi) is 6.42. The molecule has 0 aliphatic rings. The van der Waals surface area contributed by atoms with Gasteiger partial charge in [0.2, 0.25) is 0 Å². The van der Waals surface area contributed by atoms with Gasteiger partial charge in [-0.3, -0.25) is 4.79 Å². The molecule has 0 aliphatic carbocycles. The van der Waals surface area contributed by atoms with Crippen molar-refractivity contribution in [1.29, 1.82) is 0 Å². The van der Waals surface area contributed by atoms with Crippen molar-refractivity contribution in [2.45, 2.75) is 18.6 Å². The topological polar surface area (TPSA) is 85.8 Å². The number of alkyl halides is 3. The van der Waals surface area contributed by atoms with Crippen LogP contribution >= 0.6 is 11.6 Å². The SMILES string of the molecule is Cn1ncnc1-c1ccc(C(=O)N[C@@H](CN)Cc2ccccc2C(F)(F)F)cc1Cl. The number of aromatic nitrogens is 3. The van der Waals surface area contributed by atoms with Gasteiger partial charge in [-0.05, 0) is 36.2 Å². The van der Waals surface area contributed by atoms with E-state index < -0.39 is 23.7 Å². The van der Waals surface area contributed by atoms with Crippen LogP contribution in [0.1, 0.15) is 21.5 Å². The highest BCUT2D eigenvalue weighted by atomic mass is 35.5.